The van der Waals surface area contributed by atoms with Crippen LogP contribution >= 0.6 is 21.9 Å². The number of carbonyl (C=O) groups is 9. The fraction of sp³-hybridized carbons (Fsp3) is 0.901. The van der Waals surface area contributed by atoms with Gasteiger partial charge in [0.25, 0.3) is 0 Å². The van der Waals surface area contributed by atoms with Crippen molar-refractivity contribution >= 4 is 75.0 Å². The van der Waals surface area contributed by atoms with Crippen LogP contribution in [0.25, 0.3) is 0 Å². The zero-order valence-electron chi connectivity index (χ0n) is 77.7. The number of ether oxygens (including phenoxy) is 12. The number of amides is 4. The van der Waals surface area contributed by atoms with E-state index in [9.17, 15) is 89.1 Å². The van der Waals surface area contributed by atoms with Crippen molar-refractivity contribution in [3.63, 3.8) is 0 Å². The van der Waals surface area contributed by atoms with Crippen LogP contribution in [0, 0.1) is 23.2 Å². The number of likely N-dealkylation sites (tertiary alicyclic amines) is 1. The minimum atomic E-state index is -1.23. The number of ketones is 3. The Morgan fingerprint density at radius 2 is 0.820 bits per heavy atom. The predicted octanol–water partition coefficient (Wildman–Crippen LogP) is 8.19. The van der Waals surface area contributed by atoms with Gasteiger partial charge in [0.2, 0.25) is 17.7 Å². The number of hydrogen-bond donors (Lipinski definition) is 12. The molecule has 4 aliphatic heterocycles. The van der Waals surface area contributed by atoms with E-state index in [0.29, 0.717) is 161 Å². The first-order chi connectivity index (χ1) is 61.5. The van der Waals surface area contributed by atoms with E-state index in [1.807, 2.05) is 4.90 Å². The number of aliphatic hydroxyl groups is 9. The Labute approximate surface area is 767 Å². The van der Waals surface area contributed by atoms with Crippen LogP contribution in [0.1, 0.15) is 285 Å². The normalized spacial score (nSPS) is 24.8. The predicted molar refractivity (Wildman–Crippen MR) is 478 cm³/mol. The number of nitrogens with zero attached hydrogens (tertiary/aromatic N) is 1. The Hall–Kier alpha value is -4.43. The van der Waals surface area contributed by atoms with Gasteiger partial charge in [-0.15, -0.1) is 0 Å². The maximum atomic E-state index is 14.3. The highest BCUT2D eigenvalue weighted by Gasteiger charge is 2.46. The molecule has 0 aromatic heterocycles. The first-order valence-corrected chi connectivity index (χ1v) is 49.5. The van der Waals surface area contributed by atoms with E-state index in [2.05, 4.69) is 29.8 Å². The summed E-state index contributed by atoms with van der Waals surface area (Å²) in [6.07, 6.45) is 8.09. The Balaban J connectivity index is 1.26. The maximum Gasteiger partial charge on any atom is 0.407 e. The average Bonchev–Trinajstić information content (AvgIpc) is 1.14. The zero-order chi connectivity index (χ0) is 93.9. The largest absolute Gasteiger partial charge is 0.466 e. The molecule has 128 heavy (non-hydrogen) atoms. The fourth-order valence-corrected chi connectivity index (χ4v) is 17.8. The lowest BCUT2D eigenvalue weighted by molar-refractivity contribution is -0.282. The van der Waals surface area contributed by atoms with Crippen molar-refractivity contribution in [1.82, 2.24) is 20.9 Å². The fourth-order valence-electron chi connectivity index (χ4n) is 16.1. The number of nitrogens with one attached hydrogen (secondary N) is 3. The summed E-state index contributed by atoms with van der Waals surface area (Å²) in [6, 6.07) is -0.0114. The van der Waals surface area contributed by atoms with Crippen molar-refractivity contribution in [3.8, 4) is 0 Å². The molecule has 744 valence electrons. The SMILES string of the molecule is COC[C@H]1C[C@H](OC)CN1C(=O)CCCCC(=O)CCC(C)(C)SSOCCOCCC(=O)CC(CCCOC(=O)CCCCCCCNC(=O)CCCOC1OC(CO)C(O)C(O)C1C)(CCCOC(=O)CCCCCCCNC(=O)CCCOC1OC(CO)C(O)C(O)C1C)CCCOC(=O)NCCCCCCCC(=O)CCCOC1OC(CO)C(O)C(O)C1C. The highest BCUT2D eigenvalue weighted by molar-refractivity contribution is 8.75. The summed E-state index contributed by atoms with van der Waals surface area (Å²) in [4.78, 5) is 119. The number of rotatable bonds is 76. The lowest BCUT2D eigenvalue weighted by Crippen LogP contribution is -2.55. The van der Waals surface area contributed by atoms with Crippen molar-refractivity contribution < 1.29 is 150 Å². The van der Waals surface area contributed by atoms with Gasteiger partial charge in [-0.2, -0.15) is 0 Å². The summed E-state index contributed by atoms with van der Waals surface area (Å²) in [5, 5.41) is 98.4. The highest BCUT2D eigenvalue weighted by Crippen LogP contribution is 2.42. The van der Waals surface area contributed by atoms with Crippen LogP contribution in [0.2, 0.25) is 0 Å². The molecule has 4 amide bonds. The van der Waals surface area contributed by atoms with Crippen LogP contribution in [0.15, 0.2) is 0 Å². The van der Waals surface area contributed by atoms with E-state index in [1.54, 1.807) is 35.0 Å². The van der Waals surface area contributed by atoms with E-state index in [1.165, 1.54) is 21.9 Å². The lowest BCUT2D eigenvalue weighted by Gasteiger charge is -2.40. The number of methoxy groups -OCH3 is 2. The Morgan fingerprint density at radius 3 is 1.28 bits per heavy atom. The van der Waals surface area contributed by atoms with Gasteiger partial charge in [-0.05, 0) is 141 Å². The Bertz CT molecular complexity index is 2820. The van der Waals surface area contributed by atoms with Gasteiger partial charge >= 0.3 is 18.0 Å². The van der Waals surface area contributed by atoms with E-state index in [-0.39, 0.29) is 162 Å². The van der Waals surface area contributed by atoms with Crippen molar-refractivity contribution in [2.45, 2.75) is 376 Å². The molecule has 0 aromatic rings. The molecular formula is C91H162N4O31S2. The summed E-state index contributed by atoms with van der Waals surface area (Å²) in [6.45, 7) is 11.5. The number of hydrogen-bond acceptors (Lipinski definition) is 33. The van der Waals surface area contributed by atoms with Gasteiger partial charge in [0, 0.05) is 134 Å². The number of unbranched alkanes of at least 4 members (excludes halogenated alkanes) is 13. The molecule has 4 fully saturated rings. The topological polar surface area (TPSA) is 495 Å². The summed E-state index contributed by atoms with van der Waals surface area (Å²) in [5.74, 6) is -2.29. The summed E-state index contributed by atoms with van der Waals surface area (Å²) in [7, 11) is 4.79. The molecule has 4 saturated heterocycles. The minimum absolute atomic E-state index is 0.00963. The molecular weight excluding hydrogens is 1710 g/mol. The molecule has 4 heterocycles. The number of Topliss-reactive ketones (excluding diaryl/α,β-unsaturated/α-hetero) is 3. The number of alkyl carbamates (subject to hydrolysis) is 1. The molecule has 4 aliphatic rings. The maximum absolute atomic E-state index is 14.3. The molecule has 0 radical (unpaired) electrons. The second-order valence-corrected chi connectivity index (χ2v) is 38.1. The van der Waals surface area contributed by atoms with Crippen LogP contribution in [-0.4, -0.2) is 321 Å². The second-order valence-electron chi connectivity index (χ2n) is 35.5. The van der Waals surface area contributed by atoms with E-state index in [4.69, 9.17) is 61.0 Å². The first kappa shape index (κ1) is 116. The van der Waals surface area contributed by atoms with E-state index < -0.39 is 123 Å². The Morgan fingerprint density at radius 1 is 0.414 bits per heavy atom. The smallest absolute Gasteiger partial charge is 0.407 e. The molecule has 4 rings (SSSR count). The number of aliphatic hydroxyl groups excluding tert-OH is 9. The highest BCUT2D eigenvalue weighted by atomic mass is 33.1. The molecule has 0 spiro atoms. The molecule has 35 nitrogen and oxygen atoms in total. The second kappa shape index (κ2) is 68.5. The minimum Gasteiger partial charge on any atom is -0.466 e. The molecule has 0 saturated carbocycles. The third-order valence-corrected chi connectivity index (χ3v) is 27.1. The van der Waals surface area contributed by atoms with Gasteiger partial charge < -0.3 is 128 Å². The quantitative estimate of drug-likeness (QED) is 0.00897. The third kappa shape index (κ3) is 48.7. The zero-order valence-corrected chi connectivity index (χ0v) is 79.3. The van der Waals surface area contributed by atoms with Gasteiger partial charge in [-0.25, -0.2) is 4.79 Å². The molecule has 0 aliphatic carbocycles. The number of esters is 2. The van der Waals surface area contributed by atoms with Crippen molar-refractivity contribution in [2.24, 2.45) is 23.2 Å². The summed E-state index contributed by atoms with van der Waals surface area (Å²) >= 11 is 1.22. The Kier molecular flexibility index (Phi) is 62.1. The van der Waals surface area contributed by atoms with Gasteiger partial charge in [0.15, 0.2) is 18.9 Å². The molecule has 17 atom stereocenters. The standard InChI is InChI=1S/C91H162N4O31S2/c1-64-80(107)83(110)72(60-96)124-86(64)119-48-25-33-68(99)31-17-11-8-16-24-47-94-89(113)122-53-30-43-91(41-28-51-117-78(105)37-18-12-9-14-22-45-92-75(102)34-26-49-120-87-65(2)81(108)84(111)73(61-97)125-87,42-29-52-118-79(106)38-19-13-10-15-23-46-93-76(103)35-27-50-121-88-66(3)82(109)85(112)74(62-98)126-88)58-70(101)40-54-116-55-56-123-128-127-90(4,5)44-39-69(100)32-20-21-36-77(104)95-59-71(115-7)57-67(95)63-114-6/h64-67,71-74,80-88,96-98,107-112H,8-63H2,1-7H3,(H,92,102)(H,93,103)(H,94,113)/t64?,65?,66?,67-,71+,72?,73?,74?,80?,81?,82?,83?,84?,85?,86?,87?,88?,91?/m1/s1. The first-order valence-electron chi connectivity index (χ1n) is 47.4. The van der Waals surface area contributed by atoms with Gasteiger partial charge in [0.1, 0.15) is 54.0 Å². The van der Waals surface area contributed by atoms with Crippen LogP contribution in [0.5, 0.6) is 0 Å². The average molecular weight is 1870 g/mol. The van der Waals surface area contributed by atoms with Crippen LogP contribution in [-0.2, 0) is 99.4 Å². The molecule has 0 bridgehead atoms. The molecule has 37 heteroatoms. The molecule has 15 unspecified atom stereocenters. The van der Waals surface area contributed by atoms with Crippen LogP contribution < -0.4 is 16.0 Å². The number of carbonyl (C=O) groups excluding carboxylic acids is 9. The van der Waals surface area contributed by atoms with Gasteiger partial charge in [0.05, 0.1) is 127 Å². The molecule has 12 N–H and O–H groups in total. The summed E-state index contributed by atoms with van der Waals surface area (Å²) < 4.78 is 73.6. The van der Waals surface area contributed by atoms with Crippen molar-refractivity contribution in [2.75, 3.05) is 126 Å². The van der Waals surface area contributed by atoms with Gasteiger partial charge in [-0.3, -0.25) is 38.4 Å². The summed E-state index contributed by atoms with van der Waals surface area (Å²) in [5.41, 5.74) is -0.689. The van der Waals surface area contributed by atoms with Crippen LogP contribution in [0.4, 0.5) is 4.79 Å². The van der Waals surface area contributed by atoms with Crippen molar-refractivity contribution in [1.29, 1.82) is 0 Å². The lowest BCUT2D eigenvalue weighted by atomic mass is 9.71. The molecule has 0 aromatic carbocycles. The van der Waals surface area contributed by atoms with E-state index >= 15 is 0 Å². The van der Waals surface area contributed by atoms with Crippen molar-refractivity contribution in [3.05, 3.63) is 0 Å². The van der Waals surface area contributed by atoms with Crippen LogP contribution in [0.3, 0.4) is 0 Å². The van der Waals surface area contributed by atoms with Gasteiger partial charge in [-0.1, -0.05) is 89.4 Å². The third-order valence-electron chi connectivity index (χ3n) is 24.3. The van der Waals surface area contributed by atoms with E-state index in [0.717, 1.165) is 83.5 Å². The monoisotopic (exact) mass is 1870 g/mol.